The summed E-state index contributed by atoms with van der Waals surface area (Å²) >= 11 is 0. The van der Waals surface area contributed by atoms with E-state index in [0.717, 1.165) is 5.56 Å². The van der Waals surface area contributed by atoms with E-state index >= 15 is 0 Å². The third-order valence-corrected chi connectivity index (χ3v) is 4.30. The zero-order chi connectivity index (χ0) is 18.5. The van der Waals surface area contributed by atoms with E-state index in [1.54, 1.807) is 13.0 Å². The molecule has 1 atom stereocenters. The minimum atomic E-state index is -0.719. The van der Waals surface area contributed by atoms with Gasteiger partial charge in [0.05, 0.1) is 18.0 Å². The van der Waals surface area contributed by atoms with Crippen molar-refractivity contribution in [2.24, 2.45) is 5.11 Å². The Morgan fingerprint density at radius 3 is 2.69 bits per heavy atom. The predicted molar refractivity (Wildman–Crippen MR) is 94.3 cm³/mol. The number of carbonyl (C=O) groups excluding carboxylic acids is 1. The Labute approximate surface area is 150 Å². The standard InChI is InChI=1S/C18H21N5O3/c1-11(24)16(10-20-19)21-13-7-14(8-13)22-18(25)17-9-15(23-26-17)12-5-3-2-4-6-12/h2-6,9-11,13-14,19,21,24H,7-8H2,1H3,(H,22,25)/b16-10-,20-19?/t11-,13-,14+/m1/s1. The quantitative estimate of drug-likeness (QED) is 0.568. The van der Waals surface area contributed by atoms with Crippen molar-refractivity contribution < 1.29 is 14.4 Å². The number of aliphatic hydroxyl groups excluding tert-OH is 1. The summed E-state index contributed by atoms with van der Waals surface area (Å²) in [4.78, 5) is 12.3. The second-order valence-corrected chi connectivity index (χ2v) is 6.31. The molecule has 0 spiro atoms. The molecule has 1 aromatic heterocycles. The number of rotatable bonds is 7. The van der Waals surface area contributed by atoms with E-state index in [4.69, 9.17) is 10.1 Å². The third kappa shape index (κ3) is 4.15. The van der Waals surface area contributed by atoms with Gasteiger partial charge in [-0.2, -0.15) is 5.11 Å². The van der Waals surface area contributed by atoms with E-state index in [1.165, 1.54) is 6.20 Å². The molecule has 2 aromatic rings. The van der Waals surface area contributed by atoms with E-state index in [2.05, 4.69) is 20.9 Å². The van der Waals surface area contributed by atoms with Gasteiger partial charge in [-0.1, -0.05) is 35.5 Å². The van der Waals surface area contributed by atoms with Crippen LogP contribution in [0.15, 0.2) is 57.9 Å². The molecule has 136 valence electrons. The minimum absolute atomic E-state index is 0.0217. The summed E-state index contributed by atoms with van der Waals surface area (Å²) in [6.07, 6.45) is 2.00. The van der Waals surface area contributed by atoms with Gasteiger partial charge in [-0.3, -0.25) is 4.79 Å². The van der Waals surface area contributed by atoms with Crippen molar-refractivity contribution in [2.45, 2.75) is 38.0 Å². The summed E-state index contributed by atoms with van der Waals surface area (Å²) in [5, 5.41) is 22.8. The van der Waals surface area contributed by atoms with Gasteiger partial charge < -0.3 is 20.3 Å². The van der Waals surface area contributed by atoms with Crippen molar-refractivity contribution in [3.05, 3.63) is 54.1 Å². The van der Waals surface area contributed by atoms with Crippen molar-refractivity contribution in [3.8, 4) is 11.3 Å². The van der Waals surface area contributed by atoms with E-state index in [-0.39, 0.29) is 23.8 Å². The molecule has 8 heteroatoms. The fourth-order valence-electron chi connectivity index (χ4n) is 2.81. The number of nitrogens with one attached hydrogen (secondary N) is 3. The number of aromatic nitrogens is 1. The first-order valence-electron chi connectivity index (χ1n) is 8.41. The molecule has 1 aromatic carbocycles. The van der Waals surface area contributed by atoms with Gasteiger partial charge in [0.2, 0.25) is 5.76 Å². The number of amides is 1. The minimum Gasteiger partial charge on any atom is -0.387 e. The van der Waals surface area contributed by atoms with Crippen molar-refractivity contribution in [1.82, 2.24) is 15.8 Å². The number of benzene rings is 1. The van der Waals surface area contributed by atoms with Gasteiger partial charge in [-0.15, -0.1) is 0 Å². The second kappa shape index (κ2) is 7.92. The van der Waals surface area contributed by atoms with E-state index in [0.29, 0.717) is 24.2 Å². The maximum atomic E-state index is 12.3. The van der Waals surface area contributed by atoms with Gasteiger partial charge in [-0.05, 0) is 19.8 Å². The lowest BCUT2D eigenvalue weighted by Gasteiger charge is -2.37. The molecule has 26 heavy (non-hydrogen) atoms. The summed E-state index contributed by atoms with van der Waals surface area (Å²) in [7, 11) is 0. The average Bonchev–Trinajstić information content (AvgIpc) is 3.10. The van der Waals surface area contributed by atoms with E-state index in [9.17, 15) is 9.90 Å². The highest BCUT2D eigenvalue weighted by Gasteiger charge is 2.32. The Hall–Kier alpha value is -3.00. The molecule has 0 bridgehead atoms. The molecule has 0 unspecified atom stereocenters. The largest absolute Gasteiger partial charge is 0.387 e. The molecule has 0 saturated heterocycles. The first-order valence-corrected chi connectivity index (χ1v) is 8.41. The van der Waals surface area contributed by atoms with Crippen LogP contribution in [0, 0.1) is 5.53 Å². The third-order valence-electron chi connectivity index (χ3n) is 4.30. The van der Waals surface area contributed by atoms with Crippen LogP contribution in [-0.4, -0.2) is 34.4 Å². The van der Waals surface area contributed by atoms with Crippen LogP contribution in [0.1, 0.15) is 30.3 Å². The maximum Gasteiger partial charge on any atom is 0.290 e. The number of aliphatic hydroxyl groups is 1. The maximum absolute atomic E-state index is 12.3. The van der Waals surface area contributed by atoms with Crippen molar-refractivity contribution >= 4 is 5.91 Å². The molecule has 1 aliphatic rings. The van der Waals surface area contributed by atoms with Crippen LogP contribution in [0.3, 0.4) is 0 Å². The molecule has 8 nitrogen and oxygen atoms in total. The first kappa shape index (κ1) is 17.8. The highest BCUT2D eigenvalue weighted by atomic mass is 16.5. The molecular formula is C18H21N5O3. The fourth-order valence-corrected chi connectivity index (χ4v) is 2.81. The van der Waals surface area contributed by atoms with Crippen molar-refractivity contribution in [2.75, 3.05) is 0 Å². The molecule has 1 heterocycles. The number of hydrogen-bond acceptors (Lipinski definition) is 7. The molecule has 1 amide bonds. The normalized spacial score (nSPS) is 20.8. The van der Waals surface area contributed by atoms with Gasteiger partial charge in [0, 0.05) is 23.7 Å². The molecule has 4 N–H and O–H groups in total. The van der Waals surface area contributed by atoms with Gasteiger partial charge in [-0.25, -0.2) is 5.53 Å². The van der Waals surface area contributed by atoms with E-state index < -0.39 is 6.10 Å². The Morgan fingerprint density at radius 2 is 2.04 bits per heavy atom. The molecule has 3 rings (SSSR count). The zero-order valence-electron chi connectivity index (χ0n) is 14.3. The highest BCUT2D eigenvalue weighted by molar-refractivity contribution is 5.92. The summed E-state index contributed by atoms with van der Waals surface area (Å²) in [5.74, 6) is -0.117. The van der Waals surface area contributed by atoms with Gasteiger partial charge in [0.15, 0.2) is 0 Å². The summed E-state index contributed by atoms with van der Waals surface area (Å²) < 4.78 is 5.15. The molecule has 0 radical (unpaired) electrons. The van der Waals surface area contributed by atoms with Crippen molar-refractivity contribution in [3.63, 3.8) is 0 Å². The van der Waals surface area contributed by atoms with E-state index in [1.807, 2.05) is 30.3 Å². The average molecular weight is 355 g/mol. The molecule has 1 aliphatic carbocycles. The Kier molecular flexibility index (Phi) is 5.43. The van der Waals surface area contributed by atoms with Gasteiger partial charge in [0.1, 0.15) is 5.69 Å². The lowest BCUT2D eigenvalue weighted by molar-refractivity contribution is 0.0864. The predicted octanol–water partition coefficient (Wildman–Crippen LogP) is 2.45. The van der Waals surface area contributed by atoms with Gasteiger partial charge >= 0.3 is 0 Å². The topological polar surface area (TPSA) is 124 Å². The van der Waals surface area contributed by atoms with Crippen LogP contribution in [0.4, 0.5) is 0 Å². The number of carbonyl (C=O) groups is 1. The van der Waals surface area contributed by atoms with Crippen LogP contribution in [0.25, 0.3) is 11.3 Å². The smallest absolute Gasteiger partial charge is 0.290 e. The lowest BCUT2D eigenvalue weighted by Crippen LogP contribution is -2.52. The summed E-state index contributed by atoms with van der Waals surface area (Å²) in [5.41, 5.74) is 8.87. The SMILES string of the molecule is C[C@@H](O)/C(=C/N=N)N[C@H]1C[C@@H](NC(=O)c2cc(-c3ccccc3)no2)C1. The number of hydrogen-bond donors (Lipinski definition) is 4. The summed E-state index contributed by atoms with van der Waals surface area (Å²) in [6.45, 7) is 1.61. The second-order valence-electron chi connectivity index (χ2n) is 6.31. The summed E-state index contributed by atoms with van der Waals surface area (Å²) in [6, 6.07) is 11.3. The zero-order valence-corrected chi connectivity index (χ0v) is 14.3. The lowest BCUT2D eigenvalue weighted by atomic mass is 9.86. The Morgan fingerprint density at radius 1 is 1.35 bits per heavy atom. The van der Waals surface area contributed by atoms with Crippen LogP contribution in [0.5, 0.6) is 0 Å². The van der Waals surface area contributed by atoms with Crippen LogP contribution >= 0.6 is 0 Å². The van der Waals surface area contributed by atoms with Crippen molar-refractivity contribution in [1.29, 1.82) is 5.53 Å². The van der Waals surface area contributed by atoms with Gasteiger partial charge in [0.25, 0.3) is 5.91 Å². The highest BCUT2D eigenvalue weighted by Crippen LogP contribution is 2.23. The van der Waals surface area contributed by atoms with Crippen LogP contribution < -0.4 is 10.6 Å². The van der Waals surface area contributed by atoms with Crippen LogP contribution in [0.2, 0.25) is 0 Å². The Balaban J connectivity index is 1.51. The molecule has 0 aliphatic heterocycles. The first-order chi connectivity index (χ1) is 12.6. The number of nitrogens with zero attached hydrogens (tertiary/aromatic N) is 2. The monoisotopic (exact) mass is 355 g/mol. The molecule has 1 fully saturated rings. The molecular weight excluding hydrogens is 334 g/mol. The Bertz CT molecular complexity index is 794. The van der Waals surface area contributed by atoms with Crippen LogP contribution in [-0.2, 0) is 0 Å². The molecule has 1 saturated carbocycles. The fraction of sp³-hybridized carbons (Fsp3) is 0.333.